The van der Waals surface area contributed by atoms with Crippen LogP contribution in [0.1, 0.15) is 47.8 Å². The molecule has 0 radical (unpaired) electrons. The number of hydrogen-bond acceptors (Lipinski definition) is 4. The van der Waals surface area contributed by atoms with Crippen LogP contribution in [0.2, 0.25) is 0 Å². The van der Waals surface area contributed by atoms with Crippen molar-refractivity contribution in [3.05, 3.63) is 17.5 Å². The van der Waals surface area contributed by atoms with E-state index < -0.39 is 11.9 Å². The minimum absolute atomic E-state index is 0.0785. The number of aromatic nitrogens is 2. The van der Waals surface area contributed by atoms with Gasteiger partial charge in [-0.3, -0.25) is 14.3 Å². The maximum atomic E-state index is 13.0. The summed E-state index contributed by atoms with van der Waals surface area (Å²) in [6, 6.07) is 0.278. The Bertz CT molecular complexity index is 676. The Morgan fingerprint density at radius 1 is 1.20 bits per heavy atom. The van der Waals surface area contributed by atoms with Crippen molar-refractivity contribution in [3.63, 3.8) is 0 Å². The molecule has 7 heteroatoms. The van der Waals surface area contributed by atoms with E-state index in [1.807, 2.05) is 11.6 Å². The number of carboxylic acid groups (broad SMARTS) is 1. The SMILES string of the molecule is Cc1c(C(=O)N2C[C@H](C(=O)O)[C@@H](C3CC3)C2)cnn1C1CCOCC1. The average molecular weight is 347 g/mol. The van der Waals surface area contributed by atoms with E-state index in [-0.39, 0.29) is 17.9 Å². The van der Waals surface area contributed by atoms with Crippen molar-refractivity contribution in [2.45, 2.75) is 38.6 Å². The zero-order chi connectivity index (χ0) is 17.6. The second-order valence-electron chi connectivity index (χ2n) is 7.59. The highest BCUT2D eigenvalue weighted by Gasteiger charge is 2.47. The summed E-state index contributed by atoms with van der Waals surface area (Å²) in [5.74, 6) is -0.702. The molecule has 0 bridgehead atoms. The molecule has 1 amide bonds. The molecule has 1 saturated carbocycles. The molecule has 4 rings (SSSR count). The molecule has 0 spiro atoms. The normalized spacial score (nSPS) is 27.6. The summed E-state index contributed by atoms with van der Waals surface area (Å²) in [6.07, 6.45) is 5.65. The van der Waals surface area contributed by atoms with Crippen molar-refractivity contribution < 1.29 is 19.4 Å². The van der Waals surface area contributed by atoms with Gasteiger partial charge in [-0.05, 0) is 44.4 Å². The first-order chi connectivity index (χ1) is 12.1. The van der Waals surface area contributed by atoms with Crippen LogP contribution < -0.4 is 0 Å². The lowest BCUT2D eigenvalue weighted by atomic mass is 9.92. The molecule has 1 N–H and O–H groups in total. The summed E-state index contributed by atoms with van der Waals surface area (Å²) in [5.41, 5.74) is 1.48. The van der Waals surface area contributed by atoms with Crippen LogP contribution >= 0.6 is 0 Å². The molecular formula is C18H25N3O4. The van der Waals surface area contributed by atoms with E-state index in [9.17, 15) is 14.7 Å². The predicted octanol–water partition coefficient (Wildman–Crippen LogP) is 1.73. The second kappa shape index (κ2) is 6.44. The predicted molar refractivity (Wildman–Crippen MR) is 89.3 cm³/mol. The number of amides is 1. The summed E-state index contributed by atoms with van der Waals surface area (Å²) in [4.78, 5) is 26.3. The van der Waals surface area contributed by atoms with Crippen molar-refractivity contribution in [1.82, 2.24) is 14.7 Å². The molecule has 3 aliphatic rings. The van der Waals surface area contributed by atoms with Crippen molar-refractivity contribution in [2.75, 3.05) is 26.3 Å². The fourth-order valence-corrected chi connectivity index (χ4v) is 4.36. The molecule has 2 saturated heterocycles. The molecule has 3 heterocycles. The van der Waals surface area contributed by atoms with Crippen molar-refractivity contribution in [3.8, 4) is 0 Å². The van der Waals surface area contributed by atoms with Crippen LogP contribution in [0.15, 0.2) is 6.20 Å². The number of hydrogen-bond donors (Lipinski definition) is 1. The smallest absolute Gasteiger partial charge is 0.308 e. The van der Waals surface area contributed by atoms with Gasteiger partial charge in [0, 0.05) is 32.0 Å². The lowest BCUT2D eigenvalue weighted by Crippen LogP contribution is -2.30. The van der Waals surface area contributed by atoms with Gasteiger partial charge < -0.3 is 14.7 Å². The van der Waals surface area contributed by atoms with E-state index in [1.54, 1.807) is 11.1 Å². The lowest BCUT2D eigenvalue weighted by Gasteiger charge is -2.24. The third-order valence-electron chi connectivity index (χ3n) is 6.01. The maximum absolute atomic E-state index is 13.0. The van der Waals surface area contributed by atoms with E-state index in [0.717, 1.165) is 44.6 Å². The Morgan fingerprint density at radius 3 is 2.56 bits per heavy atom. The third kappa shape index (κ3) is 3.05. The lowest BCUT2D eigenvalue weighted by molar-refractivity contribution is -0.142. The summed E-state index contributed by atoms with van der Waals surface area (Å²) in [6.45, 7) is 4.25. The highest BCUT2D eigenvalue weighted by Crippen LogP contribution is 2.44. The Balaban J connectivity index is 1.51. The van der Waals surface area contributed by atoms with Gasteiger partial charge in [-0.2, -0.15) is 5.10 Å². The van der Waals surface area contributed by atoms with E-state index >= 15 is 0 Å². The Hall–Kier alpha value is -1.89. The van der Waals surface area contributed by atoms with Crippen LogP contribution in [0.4, 0.5) is 0 Å². The van der Waals surface area contributed by atoms with E-state index in [2.05, 4.69) is 5.10 Å². The number of rotatable bonds is 4. The van der Waals surface area contributed by atoms with Crippen LogP contribution in [0, 0.1) is 24.7 Å². The molecule has 7 nitrogen and oxygen atoms in total. The quantitative estimate of drug-likeness (QED) is 0.896. The molecule has 136 valence electrons. The first-order valence-electron chi connectivity index (χ1n) is 9.20. The van der Waals surface area contributed by atoms with E-state index in [0.29, 0.717) is 24.6 Å². The van der Waals surface area contributed by atoms with Crippen molar-refractivity contribution in [2.24, 2.45) is 17.8 Å². The number of ether oxygens (including phenoxy) is 1. The number of carboxylic acids is 1. The zero-order valence-corrected chi connectivity index (χ0v) is 14.6. The number of likely N-dealkylation sites (tertiary alicyclic amines) is 1. The van der Waals surface area contributed by atoms with Crippen LogP contribution in [0.5, 0.6) is 0 Å². The molecule has 0 unspecified atom stereocenters. The largest absolute Gasteiger partial charge is 0.481 e. The van der Waals surface area contributed by atoms with Gasteiger partial charge in [0.25, 0.3) is 5.91 Å². The van der Waals surface area contributed by atoms with Gasteiger partial charge in [-0.25, -0.2) is 0 Å². The van der Waals surface area contributed by atoms with Gasteiger partial charge in [0.05, 0.1) is 23.7 Å². The summed E-state index contributed by atoms with van der Waals surface area (Å²) < 4.78 is 7.34. The summed E-state index contributed by atoms with van der Waals surface area (Å²) in [5, 5.41) is 13.9. The number of aliphatic carboxylic acids is 1. The first-order valence-corrected chi connectivity index (χ1v) is 9.20. The summed E-state index contributed by atoms with van der Waals surface area (Å²) in [7, 11) is 0. The minimum atomic E-state index is -0.776. The van der Waals surface area contributed by atoms with Gasteiger partial charge in [-0.1, -0.05) is 0 Å². The number of nitrogens with zero attached hydrogens (tertiary/aromatic N) is 3. The van der Waals surface area contributed by atoms with Gasteiger partial charge in [0.1, 0.15) is 0 Å². The van der Waals surface area contributed by atoms with Gasteiger partial charge in [0.15, 0.2) is 0 Å². The topological polar surface area (TPSA) is 84.7 Å². The fraction of sp³-hybridized carbons (Fsp3) is 0.722. The van der Waals surface area contributed by atoms with Crippen molar-refractivity contribution >= 4 is 11.9 Å². The Kier molecular flexibility index (Phi) is 4.27. The average Bonchev–Trinajstić information content (AvgIpc) is 3.24. The van der Waals surface area contributed by atoms with Gasteiger partial charge in [0.2, 0.25) is 0 Å². The van der Waals surface area contributed by atoms with Crippen LogP contribution in [0.3, 0.4) is 0 Å². The van der Waals surface area contributed by atoms with Gasteiger partial charge in [-0.15, -0.1) is 0 Å². The molecule has 25 heavy (non-hydrogen) atoms. The minimum Gasteiger partial charge on any atom is -0.481 e. The van der Waals surface area contributed by atoms with Gasteiger partial charge >= 0.3 is 5.97 Å². The molecular weight excluding hydrogens is 322 g/mol. The Labute approximate surface area is 146 Å². The van der Waals surface area contributed by atoms with E-state index in [4.69, 9.17) is 4.74 Å². The molecule has 1 aliphatic carbocycles. The maximum Gasteiger partial charge on any atom is 0.308 e. The molecule has 0 aromatic carbocycles. The number of carbonyl (C=O) groups excluding carboxylic acids is 1. The van der Waals surface area contributed by atoms with Crippen LogP contribution in [0.25, 0.3) is 0 Å². The van der Waals surface area contributed by atoms with Crippen molar-refractivity contribution in [1.29, 1.82) is 0 Å². The first kappa shape index (κ1) is 16.6. The zero-order valence-electron chi connectivity index (χ0n) is 14.6. The number of carbonyl (C=O) groups is 2. The monoisotopic (exact) mass is 347 g/mol. The third-order valence-corrected chi connectivity index (χ3v) is 6.01. The molecule has 2 aliphatic heterocycles. The standard InChI is InChI=1S/C18H25N3O4/c1-11-14(8-19-21(11)13-4-6-25-7-5-13)17(22)20-9-15(12-2-3-12)16(10-20)18(23)24/h8,12-13,15-16H,2-7,9-10H2,1H3,(H,23,24)/t15-,16+/m1/s1. The molecule has 3 fully saturated rings. The molecule has 1 aromatic rings. The highest BCUT2D eigenvalue weighted by atomic mass is 16.5. The van der Waals surface area contributed by atoms with Crippen LogP contribution in [-0.2, 0) is 9.53 Å². The summed E-state index contributed by atoms with van der Waals surface area (Å²) >= 11 is 0. The molecule has 1 aromatic heterocycles. The van der Waals surface area contributed by atoms with Crippen LogP contribution in [-0.4, -0.2) is 58.0 Å². The van der Waals surface area contributed by atoms with E-state index in [1.165, 1.54) is 0 Å². The fourth-order valence-electron chi connectivity index (χ4n) is 4.36. The highest BCUT2D eigenvalue weighted by molar-refractivity contribution is 5.95. The molecule has 2 atom stereocenters. The second-order valence-corrected chi connectivity index (χ2v) is 7.59. The Morgan fingerprint density at radius 2 is 1.92 bits per heavy atom.